The summed E-state index contributed by atoms with van der Waals surface area (Å²) in [4.78, 5) is 9.36. The van der Waals surface area contributed by atoms with Gasteiger partial charge in [-0.05, 0) is 18.2 Å². The Morgan fingerprint density at radius 2 is 2.23 bits per heavy atom. The van der Waals surface area contributed by atoms with Gasteiger partial charge in [-0.1, -0.05) is 10.3 Å². The number of oxime groups is 1. The average Bonchev–Trinajstić information content (AvgIpc) is 3.16. The van der Waals surface area contributed by atoms with Gasteiger partial charge in [-0.15, -0.1) is 0 Å². The molecule has 2 heterocycles. The Hall–Kier alpha value is -2.35. The molecule has 3 rings (SSSR count). The van der Waals surface area contributed by atoms with Gasteiger partial charge in [-0.2, -0.15) is 4.98 Å². The van der Waals surface area contributed by atoms with Crippen molar-refractivity contribution in [3.63, 3.8) is 0 Å². The van der Waals surface area contributed by atoms with Crippen LogP contribution in [0.4, 0.5) is 8.78 Å². The number of nitrogens with zero attached hydrogens (tertiary/aromatic N) is 3. The fraction of sp³-hybridized carbons (Fsp3) is 0.357. The maximum absolute atomic E-state index is 13.7. The number of hydrogen-bond acceptors (Lipinski definition) is 6. The van der Waals surface area contributed by atoms with Crippen molar-refractivity contribution in [3.8, 4) is 0 Å². The summed E-state index contributed by atoms with van der Waals surface area (Å²) in [5, 5.41) is 7.59. The standard InChI is InChI=1S/C14H13F2N3O3/c1-20-5-4-13-17-14(22-19-13)12-7-11(18-21-12)9-6-8(15)2-3-10(9)16/h2-3,6,12H,4-5,7H2,1H3/t12-/m0/s1. The summed E-state index contributed by atoms with van der Waals surface area (Å²) in [7, 11) is 1.58. The lowest BCUT2D eigenvalue weighted by Gasteiger charge is -2.02. The van der Waals surface area contributed by atoms with Crippen LogP contribution in [-0.2, 0) is 16.0 Å². The van der Waals surface area contributed by atoms with Crippen molar-refractivity contribution < 1.29 is 22.9 Å². The van der Waals surface area contributed by atoms with Gasteiger partial charge in [-0.3, -0.25) is 0 Å². The van der Waals surface area contributed by atoms with Gasteiger partial charge in [0.05, 0.1) is 12.3 Å². The first kappa shape index (κ1) is 14.6. The van der Waals surface area contributed by atoms with Crippen molar-refractivity contribution in [2.24, 2.45) is 5.16 Å². The molecule has 0 N–H and O–H groups in total. The molecule has 1 aliphatic rings. The van der Waals surface area contributed by atoms with E-state index in [0.29, 0.717) is 24.6 Å². The Labute approximate surface area is 124 Å². The van der Waals surface area contributed by atoms with E-state index >= 15 is 0 Å². The van der Waals surface area contributed by atoms with Gasteiger partial charge in [0.25, 0.3) is 5.89 Å². The molecule has 2 aromatic rings. The second kappa shape index (κ2) is 6.18. The molecule has 0 bridgehead atoms. The summed E-state index contributed by atoms with van der Waals surface area (Å²) in [5.41, 5.74) is 0.375. The number of hydrogen-bond donors (Lipinski definition) is 0. The molecule has 1 aromatic heterocycles. The second-order valence-corrected chi connectivity index (χ2v) is 4.75. The number of aromatic nitrogens is 2. The number of halogens is 2. The summed E-state index contributed by atoms with van der Waals surface area (Å²) in [5.74, 6) is -0.356. The molecular weight excluding hydrogens is 296 g/mol. The van der Waals surface area contributed by atoms with Crippen LogP contribution < -0.4 is 0 Å². The molecule has 0 saturated heterocycles. The minimum Gasteiger partial charge on any atom is -0.384 e. The minimum absolute atomic E-state index is 0.0709. The first-order valence-corrected chi connectivity index (χ1v) is 6.67. The highest BCUT2D eigenvalue weighted by Crippen LogP contribution is 2.29. The molecule has 0 aliphatic carbocycles. The monoisotopic (exact) mass is 309 g/mol. The zero-order chi connectivity index (χ0) is 15.5. The van der Waals surface area contributed by atoms with E-state index in [0.717, 1.165) is 18.2 Å². The van der Waals surface area contributed by atoms with Crippen molar-refractivity contribution in [2.75, 3.05) is 13.7 Å². The van der Waals surface area contributed by atoms with E-state index in [1.165, 1.54) is 0 Å². The molecule has 0 amide bonds. The molecule has 1 atom stereocenters. The van der Waals surface area contributed by atoms with Gasteiger partial charge in [0.1, 0.15) is 11.6 Å². The van der Waals surface area contributed by atoms with E-state index in [9.17, 15) is 8.78 Å². The summed E-state index contributed by atoms with van der Waals surface area (Å²) in [6, 6.07) is 3.18. The molecule has 0 unspecified atom stereocenters. The van der Waals surface area contributed by atoms with Crippen LogP contribution in [-0.4, -0.2) is 29.6 Å². The van der Waals surface area contributed by atoms with E-state index in [1.807, 2.05) is 0 Å². The van der Waals surface area contributed by atoms with Gasteiger partial charge >= 0.3 is 0 Å². The Kier molecular flexibility index (Phi) is 4.10. The van der Waals surface area contributed by atoms with Crippen LogP contribution in [0, 0.1) is 11.6 Å². The van der Waals surface area contributed by atoms with Crippen LogP contribution in [0.3, 0.4) is 0 Å². The van der Waals surface area contributed by atoms with Crippen LogP contribution in [0.25, 0.3) is 0 Å². The zero-order valence-corrected chi connectivity index (χ0v) is 11.8. The molecule has 0 radical (unpaired) electrons. The maximum atomic E-state index is 13.7. The molecule has 1 aromatic carbocycles. The molecule has 22 heavy (non-hydrogen) atoms. The summed E-state index contributed by atoms with van der Waals surface area (Å²) in [6.45, 7) is 0.473. The van der Waals surface area contributed by atoms with Crippen LogP contribution in [0.15, 0.2) is 27.9 Å². The highest BCUT2D eigenvalue weighted by atomic mass is 19.1. The third kappa shape index (κ3) is 2.96. The van der Waals surface area contributed by atoms with Gasteiger partial charge in [0.2, 0.25) is 6.10 Å². The highest BCUT2D eigenvalue weighted by molar-refractivity contribution is 6.01. The third-order valence-electron chi connectivity index (χ3n) is 3.20. The molecular formula is C14H13F2N3O3. The molecule has 0 saturated carbocycles. The minimum atomic E-state index is -0.596. The molecule has 0 spiro atoms. The van der Waals surface area contributed by atoms with E-state index in [4.69, 9.17) is 14.1 Å². The maximum Gasteiger partial charge on any atom is 0.270 e. The lowest BCUT2D eigenvalue weighted by atomic mass is 10.0. The number of ether oxygens (including phenoxy) is 1. The SMILES string of the molecule is COCCc1noc([C@@H]2CC(c3cc(F)ccc3F)=NO2)n1. The van der Waals surface area contributed by atoms with E-state index in [2.05, 4.69) is 15.3 Å². The average molecular weight is 309 g/mol. The number of methoxy groups -OCH3 is 1. The van der Waals surface area contributed by atoms with E-state index < -0.39 is 17.7 Å². The Balaban J connectivity index is 1.71. The zero-order valence-electron chi connectivity index (χ0n) is 11.8. The summed E-state index contributed by atoms with van der Waals surface area (Å²) in [6.07, 6.45) is 0.145. The smallest absolute Gasteiger partial charge is 0.270 e. The second-order valence-electron chi connectivity index (χ2n) is 4.75. The van der Waals surface area contributed by atoms with Crippen molar-refractivity contribution in [1.82, 2.24) is 10.1 Å². The molecule has 0 fully saturated rings. The van der Waals surface area contributed by atoms with Crippen molar-refractivity contribution >= 4 is 5.71 Å². The van der Waals surface area contributed by atoms with Crippen LogP contribution in [0.1, 0.15) is 29.8 Å². The van der Waals surface area contributed by atoms with Gasteiger partial charge in [0, 0.05) is 25.5 Å². The number of rotatable bonds is 5. The summed E-state index contributed by atoms with van der Waals surface area (Å²) >= 11 is 0. The van der Waals surface area contributed by atoms with E-state index in [-0.39, 0.29) is 17.9 Å². The Bertz CT molecular complexity index is 702. The first-order chi connectivity index (χ1) is 10.7. The summed E-state index contributed by atoms with van der Waals surface area (Å²) < 4.78 is 37.0. The highest BCUT2D eigenvalue weighted by Gasteiger charge is 2.30. The lowest BCUT2D eigenvalue weighted by molar-refractivity contribution is 0.0599. The largest absolute Gasteiger partial charge is 0.384 e. The van der Waals surface area contributed by atoms with Crippen LogP contribution in [0.5, 0.6) is 0 Å². The lowest BCUT2D eigenvalue weighted by Crippen LogP contribution is -2.05. The first-order valence-electron chi connectivity index (χ1n) is 6.67. The van der Waals surface area contributed by atoms with Gasteiger partial charge < -0.3 is 14.1 Å². The van der Waals surface area contributed by atoms with Crippen molar-refractivity contribution in [1.29, 1.82) is 0 Å². The number of benzene rings is 1. The Morgan fingerprint density at radius 1 is 1.36 bits per heavy atom. The topological polar surface area (TPSA) is 69.7 Å². The quantitative estimate of drug-likeness (QED) is 0.848. The fourth-order valence-corrected chi connectivity index (χ4v) is 2.08. The van der Waals surface area contributed by atoms with Gasteiger partial charge in [-0.25, -0.2) is 8.78 Å². The predicted molar refractivity (Wildman–Crippen MR) is 71.2 cm³/mol. The van der Waals surface area contributed by atoms with Crippen LogP contribution >= 0.6 is 0 Å². The van der Waals surface area contributed by atoms with Crippen LogP contribution in [0.2, 0.25) is 0 Å². The normalized spacial score (nSPS) is 17.4. The van der Waals surface area contributed by atoms with Gasteiger partial charge in [0.15, 0.2) is 5.82 Å². The van der Waals surface area contributed by atoms with Crippen molar-refractivity contribution in [3.05, 3.63) is 47.1 Å². The van der Waals surface area contributed by atoms with E-state index in [1.54, 1.807) is 7.11 Å². The molecule has 1 aliphatic heterocycles. The predicted octanol–water partition coefficient (Wildman–Crippen LogP) is 2.40. The molecule has 116 valence electrons. The molecule has 8 heteroatoms. The third-order valence-corrected chi connectivity index (χ3v) is 3.20. The Morgan fingerprint density at radius 3 is 3.05 bits per heavy atom. The molecule has 6 nitrogen and oxygen atoms in total. The fourth-order valence-electron chi connectivity index (χ4n) is 2.08. The van der Waals surface area contributed by atoms with Crippen molar-refractivity contribution in [2.45, 2.75) is 18.9 Å².